The number of aromatic nitrogens is 1. The number of nitrogens with zero attached hydrogens (tertiary/aromatic N) is 2. The molecule has 0 saturated carbocycles. The normalized spacial score (nSPS) is 11.8. The third-order valence-electron chi connectivity index (χ3n) is 11.6. The van der Waals surface area contributed by atoms with Crippen molar-refractivity contribution in [3.63, 3.8) is 0 Å². The molecule has 0 fully saturated rings. The van der Waals surface area contributed by atoms with Gasteiger partial charge in [-0.2, -0.15) is 0 Å². The molecule has 3 aromatic heterocycles. The summed E-state index contributed by atoms with van der Waals surface area (Å²) in [4.78, 5) is 2.46. The van der Waals surface area contributed by atoms with Crippen LogP contribution in [0.1, 0.15) is 0 Å². The number of benzene rings is 9. The highest BCUT2D eigenvalue weighted by molar-refractivity contribution is 7.26. The molecule has 0 aliphatic rings. The Hall–Kier alpha value is -7.40. The summed E-state index contributed by atoms with van der Waals surface area (Å²) in [7, 11) is 0. The Morgan fingerprint density at radius 1 is 0.414 bits per heavy atom. The van der Waals surface area contributed by atoms with Gasteiger partial charge in [0.2, 0.25) is 0 Å². The zero-order valence-electron chi connectivity index (χ0n) is 31.3. The second-order valence-electron chi connectivity index (χ2n) is 14.9. The molecule has 0 radical (unpaired) electrons. The number of fused-ring (bicyclic) bond motifs is 9. The van der Waals surface area contributed by atoms with Crippen molar-refractivity contribution in [3.8, 4) is 27.9 Å². The molecule has 12 rings (SSSR count). The lowest BCUT2D eigenvalue weighted by atomic mass is 9.98. The van der Waals surface area contributed by atoms with Gasteiger partial charge < -0.3 is 13.9 Å². The SMILES string of the molecule is c1ccc(-c2ccc3c(c2)sc2c(-c4ccccc4)ccc(N(c4ccc5oc6ccccc6c5c4)c4ccc5c6ccccc6n(-c6ccccc6)c5c4)c23)cc1. The number of thiophene rings is 1. The molecular formula is C54H34N2OS. The Kier molecular flexibility index (Phi) is 7.40. The lowest BCUT2D eigenvalue weighted by Gasteiger charge is -2.27. The Labute approximate surface area is 338 Å². The third-order valence-corrected chi connectivity index (χ3v) is 12.8. The van der Waals surface area contributed by atoms with Crippen LogP contribution in [-0.2, 0) is 0 Å². The van der Waals surface area contributed by atoms with Crippen LogP contribution in [0.4, 0.5) is 17.1 Å². The molecule has 0 spiro atoms. The smallest absolute Gasteiger partial charge is 0.135 e. The quantitative estimate of drug-likeness (QED) is 0.168. The maximum atomic E-state index is 6.36. The maximum absolute atomic E-state index is 6.36. The van der Waals surface area contributed by atoms with Gasteiger partial charge in [-0.15, -0.1) is 11.3 Å². The number of hydrogen-bond donors (Lipinski definition) is 0. The van der Waals surface area contributed by atoms with E-state index in [9.17, 15) is 0 Å². The van der Waals surface area contributed by atoms with Crippen LogP contribution in [0.25, 0.3) is 91.9 Å². The summed E-state index contributed by atoms with van der Waals surface area (Å²) in [5.74, 6) is 0. The van der Waals surface area contributed by atoms with Crippen molar-refractivity contribution in [3.05, 3.63) is 206 Å². The van der Waals surface area contributed by atoms with E-state index in [1.807, 2.05) is 17.4 Å². The van der Waals surface area contributed by atoms with E-state index in [1.54, 1.807) is 0 Å². The highest BCUT2D eigenvalue weighted by atomic mass is 32.1. The third kappa shape index (κ3) is 5.12. The topological polar surface area (TPSA) is 21.3 Å². The zero-order valence-corrected chi connectivity index (χ0v) is 32.2. The molecule has 0 N–H and O–H groups in total. The largest absolute Gasteiger partial charge is 0.456 e. The Balaban J connectivity index is 1.17. The molecule has 3 heterocycles. The molecule has 0 amide bonds. The molecule has 0 saturated heterocycles. The standard InChI is InChI=1S/C54H34N2OS/c1-4-14-35(15-5-1)37-24-27-45-52(32-37)58-54-41(36-16-6-2-7-17-36)29-30-48(53(45)54)55(39-26-31-51-46(33-39)44-21-11-13-23-50(44)57-51)40-25-28-43-42-20-10-12-22-47(42)56(49(43)34-40)38-18-8-3-9-19-38/h1-34H. The van der Waals surface area contributed by atoms with Crippen molar-refractivity contribution in [1.82, 2.24) is 4.57 Å². The summed E-state index contributed by atoms with van der Waals surface area (Å²) in [5.41, 5.74) is 13.4. The molecule has 58 heavy (non-hydrogen) atoms. The molecule has 4 heteroatoms. The van der Waals surface area contributed by atoms with Gasteiger partial charge in [0, 0.05) is 58.8 Å². The minimum atomic E-state index is 0.878. The van der Waals surface area contributed by atoms with Gasteiger partial charge in [0.1, 0.15) is 11.2 Å². The average molecular weight is 759 g/mol. The van der Waals surface area contributed by atoms with Crippen molar-refractivity contribution in [2.24, 2.45) is 0 Å². The molecule has 272 valence electrons. The summed E-state index contributed by atoms with van der Waals surface area (Å²) in [6.45, 7) is 0. The second kappa shape index (κ2) is 13.1. The van der Waals surface area contributed by atoms with Crippen molar-refractivity contribution in [2.45, 2.75) is 0 Å². The van der Waals surface area contributed by atoms with Crippen LogP contribution in [0.15, 0.2) is 211 Å². The van der Waals surface area contributed by atoms with Crippen LogP contribution >= 0.6 is 11.3 Å². The van der Waals surface area contributed by atoms with Crippen molar-refractivity contribution >= 4 is 92.3 Å². The van der Waals surface area contributed by atoms with Gasteiger partial charge in [0.25, 0.3) is 0 Å². The van der Waals surface area contributed by atoms with Crippen LogP contribution in [0.2, 0.25) is 0 Å². The van der Waals surface area contributed by atoms with E-state index in [0.717, 1.165) is 50.2 Å². The summed E-state index contributed by atoms with van der Waals surface area (Å²) in [5, 5.41) is 7.14. The Morgan fingerprint density at radius 3 is 1.88 bits per heavy atom. The molecule has 3 nitrogen and oxygen atoms in total. The summed E-state index contributed by atoms with van der Waals surface area (Å²) < 4.78 is 11.3. The van der Waals surface area contributed by atoms with Crippen LogP contribution in [0, 0.1) is 0 Å². The predicted molar refractivity (Wildman–Crippen MR) is 247 cm³/mol. The fourth-order valence-electron chi connectivity index (χ4n) is 8.94. The highest BCUT2D eigenvalue weighted by Crippen LogP contribution is 2.50. The number of furan rings is 1. The number of para-hydroxylation sites is 3. The van der Waals surface area contributed by atoms with Crippen LogP contribution in [0.3, 0.4) is 0 Å². The van der Waals surface area contributed by atoms with Gasteiger partial charge in [0.05, 0.1) is 16.7 Å². The van der Waals surface area contributed by atoms with E-state index in [1.165, 1.54) is 58.7 Å². The van der Waals surface area contributed by atoms with E-state index in [2.05, 4.69) is 210 Å². The summed E-state index contributed by atoms with van der Waals surface area (Å²) in [6.07, 6.45) is 0. The van der Waals surface area contributed by atoms with Gasteiger partial charge in [-0.25, -0.2) is 0 Å². The fourth-order valence-corrected chi connectivity index (χ4v) is 10.2. The number of rotatable bonds is 6. The second-order valence-corrected chi connectivity index (χ2v) is 15.9. The Morgan fingerprint density at radius 2 is 1.05 bits per heavy atom. The molecule has 0 aliphatic heterocycles. The lowest BCUT2D eigenvalue weighted by Crippen LogP contribution is -2.10. The number of anilines is 3. The first kappa shape index (κ1) is 32.8. The van der Waals surface area contributed by atoms with Crippen molar-refractivity contribution in [2.75, 3.05) is 4.90 Å². The van der Waals surface area contributed by atoms with Gasteiger partial charge in [-0.1, -0.05) is 140 Å². The van der Waals surface area contributed by atoms with Crippen LogP contribution < -0.4 is 4.90 Å². The highest BCUT2D eigenvalue weighted by Gasteiger charge is 2.24. The van der Waals surface area contributed by atoms with Gasteiger partial charge >= 0.3 is 0 Å². The molecule has 9 aromatic carbocycles. The first-order valence-corrected chi connectivity index (χ1v) is 20.5. The maximum Gasteiger partial charge on any atom is 0.135 e. The zero-order chi connectivity index (χ0) is 38.2. The van der Waals surface area contributed by atoms with E-state index in [4.69, 9.17) is 4.42 Å². The minimum Gasteiger partial charge on any atom is -0.456 e. The van der Waals surface area contributed by atoms with E-state index < -0.39 is 0 Å². The van der Waals surface area contributed by atoms with E-state index in [0.29, 0.717) is 0 Å². The molecule has 0 atom stereocenters. The predicted octanol–water partition coefficient (Wildman–Crippen LogP) is 15.9. The van der Waals surface area contributed by atoms with E-state index in [-0.39, 0.29) is 0 Å². The lowest BCUT2D eigenvalue weighted by molar-refractivity contribution is 0.669. The molecule has 0 aliphatic carbocycles. The van der Waals surface area contributed by atoms with Crippen LogP contribution in [0.5, 0.6) is 0 Å². The van der Waals surface area contributed by atoms with E-state index >= 15 is 0 Å². The Bertz CT molecular complexity index is 3510. The fraction of sp³-hybridized carbons (Fsp3) is 0. The molecule has 0 bridgehead atoms. The minimum absolute atomic E-state index is 0.878. The number of hydrogen-bond acceptors (Lipinski definition) is 3. The first-order valence-electron chi connectivity index (χ1n) is 19.7. The molecule has 0 unspecified atom stereocenters. The molecule has 12 aromatic rings. The molecular weight excluding hydrogens is 725 g/mol. The average Bonchev–Trinajstić information content (AvgIpc) is 3.97. The van der Waals surface area contributed by atoms with Crippen LogP contribution in [-0.4, -0.2) is 4.57 Å². The van der Waals surface area contributed by atoms with Gasteiger partial charge in [-0.05, 0) is 89.0 Å². The first-order chi connectivity index (χ1) is 28.8. The van der Waals surface area contributed by atoms with Gasteiger partial charge in [0.15, 0.2) is 0 Å². The summed E-state index contributed by atoms with van der Waals surface area (Å²) in [6, 6.07) is 74.5. The monoisotopic (exact) mass is 758 g/mol. The van der Waals surface area contributed by atoms with Gasteiger partial charge in [-0.3, -0.25) is 0 Å². The summed E-state index contributed by atoms with van der Waals surface area (Å²) >= 11 is 1.88. The van der Waals surface area contributed by atoms with Crippen molar-refractivity contribution < 1.29 is 4.42 Å². The van der Waals surface area contributed by atoms with Crippen molar-refractivity contribution in [1.29, 1.82) is 0 Å².